The number of nitrogens with zero attached hydrogens (tertiary/aromatic N) is 2. The van der Waals surface area contributed by atoms with Crippen molar-refractivity contribution in [2.75, 3.05) is 24.4 Å². The Morgan fingerprint density at radius 2 is 1.77 bits per heavy atom. The Bertz CT molecular complexity index is 1060. The van der Waals surface area contributed by atoms with Crippen LogP contribution >= 0.6 is 0 Å². The number of anilines is 1. The molecule has 3 rings (SSSR count). The molecule has 0 radical (unpaired) electrons. The lowest BCUT2D eigenvalue weighted by atomic mass is 10.1. The summed E-state index contributed by atoms with van der Waals surface area (Å²) >= 11 is 0. The van der Waals surface area contributed by atoms with E-state index in [9.17, 15) is 18.5 Å². The number of carbonyl (C=O) groups is 1. The average molecular weight is 426 g/mol. The van der Waals surface area contributed by atoms with Gasteiger partial charge in [0.1, 0.15) is 17.4 Å². The van der Waals surface area contributed by atoms with E-state index in [1.807, 2.05) is 13.0 Å². The highest BCUT2D eigenvalue weighted by atomic mass is 32.2. The van der Waals surface area contributed by atoms with Crippen LogP contribution in [0.25, 0.3) is 6.08 Å². The Morgan fingerprint density at radius 3 is 2.33 bits per heavy atom. The molecule has 2 aromatic carbocycles. The van der Waals surface area contributed by atoms with Crippen LogP contribution in [0.5, 0.6) is 5.75 Å². The van der Waals surface area contributed by atoms with E-state index >= 15 is 0 Å². The first-order valence-corrected chi connectivity index (χ1v) is 11.2. The standard InChI is InChI=1S/C22H23N3O4S/c1-2-29-20-9-11-21(12-10-20)30(27,28)24-19-7-5-17(6-8-19)15-18(16-23)22(26)25-13-3-4-14-25/h5-12,15,24H,2-4,13-14H2,1H3/b18-15+. The molecule has 1 heterocycles. The molecule has 8 heteroatoms. The predicted molar refractivity (Wildman–Crippen MR) is 114 cm³/mol. The lowest BCUT2D eigenvalue weighted by Gasteiger charge is -2.14. The maximum atomic E-state index is 12.6. The van der Waals surface area contributed by atoms with Crippen LogP contribution < -0.4 is 9.46 Å². The normalized spacial score (nSPS) is 14.3. The Balaban J connectivity index is 1.71. The number of ether oxygens (including phenoxy) is 1. The summed E-state index contributed by atoms with van der Waals surface area (Å²) in [6.45, 7) is 3.70. The summed E-state index contributed by atoms with van der Waals surface area (Å²) in [4.78, 5) is 14.2. The highest BCUT2D eigenvalue weighted by Crippen LogP contribution is 2.21. The minimum Gasteiger partial charge on any atom is -0.494 e. The second-order valence-corrected chi connectivity index (χ2v) is 8.48. The van der Waals surface area contributed by atoms with Crippen LogP contribution in [0.15, 0.2) is 59.0 Å². The third kappa shape index (κ3) is 5.19. The Morgan fingerprint density at radius 1 is 1.13 bits per heavy atom. The van der Waals surface area contributed by atoms with Crippen LogP contribution in [0.4, 0.5) is 5.69 Å². The second kappa shape index (κ2) is 9.46. The minimum absolute atomic E-state index is 0.0691. The van der Waals surface area contributed by atoms with E-state index in [0.717, 1.165) is 12.8 Å². The predicted octanol–water partition coefficient (Wildman–Crippen LogP) is 3.42. The van der Waals surface area contributed by atoms with Crippen LogP contribution in [-0.2, 0) is 14.8 Å². The Kier molecular flexibility index (Phi) is 6.75. The van der Waals surface area contributed by atoms with Crippen molar-refractivity contribution in [2.45, 2.75) is 24.7 Å². The van der Waals surface area contributed by atoms with E-state index in [-0.39, 0.29) is 16.4 Å². The number of sulfonamides is 1. The molecule has 0 atom stereocenters. The summed E-state index contributed by atoms with van der Waals surface area (Å²) in [6.07, 6.45) is 3.42. The zero-order chi connectivity index (χ0) is 21.6. The van der Waals surface area contributed by atoms with E-state index in [0.29, 0.717) is 36.7 Å². The molecule has 0 bridgehead atoms. The number of nitrogens with one attached hydrogen (secondary N) is 1. The van der Waals surface area contributed by atoms with Crippen LogP contribution in [0.3, 0.4) is 0 Å². The molecule has 1 aliphatic heterocycles. The average Bonchev–Trinajstić information content (AvgIpc) is 3.28. The number of benzene rings is 2. The van der Waals surface area contributed by atoms with Crippen LogP contribution in [0, 0.1) is 11.3 Å². The molecule has 1 N–H and O–H groups in total. The molecule has 1 aliphatic rings. The molecule has 0 aliphatic carbocycles. The molecule has 1 saturated heterocycles. The number of likely N-dealkylation sites (tertiary alicyclic amines) is 1. The molecule has 1 fully saturated rings. The number of hydrogen-bond donors (Lipinski definition) is 1. The number of rotatable bonds is 7. The summed E-state index contributed by atoms with van der Waals surface area (Å²) in [5.74, 6) is 0.333. The van der Waals surface area contributed by atoms with Gasteiger partial charge in [-0.2, -0.15) is 5.26 Å². The molecule has 1 amide bonds. The van der Waals surface area contributed by atoms with Crippen molar-refractivity contribution in [1.82, 2.24) is 4.90 Å². The largest absolute Gasteiger partial charge is 0.494 e. The molecule has 0 aromatic heterocycles. The van der Waals surface area contributed by atoms with Gasteiger partial charge in [-0.15, -0.1) is 0 Å². The van der Waals surface area contributed by atoms with Gasteiger partial charge in [-0.3, -0.25) is 9.52 Å². The van der Waals surface area contributed by atoms with E-state index < -0.39 is 10.0 Å². The first kappa shape index (κ1) is 21.4. The molecule has 7 nitrogen and oxygen atoms in total. The first-order chi connectivity index (χ1) is 14.4. The lowest BCUT2D eigenvalue weighted by molar-refractivity contribution is -0.125. The molecule has 156 valence electrons. The summed E-state index contributed by atoms with van der Waals surface area (Å²) in [5, 5.41) is 9.34. The molecule has 0 unspecified atom stereocenters. The molecule has 2 aromatic rings. The third-order valence-corrected chi connectivity index (χ3v) is 6.06. The van der Waals surface area contributed by atoms with Gasteiger partial charge in [0.2, 0.25) is 0 Å². The highest BCUT2D eigenvalue weighted by molar-refractivity contribution is 7.92. The van der Waals surface area contributed by atoms with Crippen molar-refractivity contribution in [2.24, 2.45) is 0 Å². The minimum atomic E-state index is -3.74. The maximum Gasteiger partial charge on any atom is 0.264 e. The molecule has 0 spiro atoms. The van der Waals surface area contributed by atoms with Crippen LogP contribution in [0.1, 0.15) is 25.3 Å². The summed E-state index contributed by atoms with van der Waals surface area (Å²) in [5.41, 5.74) is 1.09. The zero-order valence-electron chi connectivity index (χ0n) is 16.7. The lowest BCUT2D eigenvalue weighted by Crippen LogP contribution is -2.28. The quantitative estimate of drug-likeness (QED) is 0.541. The van der Waals surface area contributed by atoms with Crippen LogP contribution in [-0.4, -0.2) is 38.9 Å². The van der Waals surface area contributed by atoms with Crippen molar-refractivity contribution in [3.63, 3.8) is 0 Å². The van der Waals surface area contributed by atoms with Gasteiger partial charge in [0, 0.05) is 18.8 Å². The SMILES string of the molecule is CCOc1ccc(S(=O)(=O)Nc2ccc(/C=C(\C#N)C(=O)N3CCCC3)cc2)cc1. The number of hydrogen-bond acceptors (Lipinski definition) is 5. The summed E-state index contributed by atoms with van der Waals surface area (Å²) in [6, 6.07) is 14.6. The fraction of sp³-hybridized carbons (Fsp3) is 0.273. The van der Waals surface area contributed by atoms with Gasteiger partial charge in [-0.05, 0) is 67.8 Å². The summed E-state index contributed by atoms with van der Waals surface area (Å²) in [7, 11) is -3.74. The van der Waals surface area contributed by atoms with Crippen LogP contribution in [0.2, 0.25) is 0 Å². The van der Waals surface area contributed by atoms with Crippen molar-refractivity contribution in [3.05, 3.63) is 59.7 Å². The van der Waals surface area contributed by atoms with Gasteiger partial charge in [-0.25, -0.2) is 8.42 Å². The van der Waals surface area contributed by atoms with Gasteiger partial charge in [-0.1, -0.05) is 12.1 Å². The van der Waals surface area contributed by atoms with E-state index in [2.05, 4.69) is 4.72 Å². The maximum absolute atomic E-state index is 12.6. The first-order valence-electron chi connectivity index (χ1n) is 9.70. The van der Waals surface area contributed by atoms with E-state index in [1.54, 1.807) is 41.3 Å². The monoisotopic (exact) mass is 425 g/mol. The van der Waals surface area contributed by atoms with Gasteiger partial charge < -0.3 is 9.64 Å². The number of nitriles is 1. The Hall–Kier alpha value is -3.31. The zero-order valence-corrected chi connectivity index (χ0v) is 17.5. The molecule has 0 saturated carbocycles. The van der Waals surface area contributed by atoms with Gasteiger partial charge in [0.25, 0.3) is 15.9 Å². The van der Waals surface area contributed by atoms with E-state index in [4.69, 9.17) is 4.74 Å². The fourth-order valence-electron chi connectivity index (χ4n) is 3.14. The van der Waals surface area contributed by atoms with Crippen molar-refractivity contribution < 1.29 is 17.9 Å². The Labute approximate surface area is 176 Å². The number of amides is 1. The van der Waals surface area contributed by atoms with Crippen molar-refractivity contribution in [1.29, 1.82) is 5.26 Å². The van der Waals surface area contributed by atoms with E-state index in [1.165, 1.54) is 18.2 Å². The second-order valence-electron chi connectivity index (χ2n) is 6.80. The van der Waals surface area contributed by atoms with Crippen molar-refractivity contribution in [3.8, 4) is 11.8 Å². The highest BCUT2D eigenvalue weighted by Gasteiger charge is 2.21. The topological polar surface area (TPSA) is 99.5 Å². The van der Waals surface area contributed by atoms with Gasteiger partial charge >= 0.3 is 0 Å². The fourth-order valence-corrected chi connectivity index (χ4v) is 4.20. The van der Waals surface area contributed by atoms with Gasteiger partial charge in [0.05, 0.1) is 11.5 Å². The smallest absolute Gasteiger partial charge is 0.264 e. The molecular weight excluding hydrogens is 402 g/mol. The molecule has 30 heavy (non-hydrogen) atoms. The third-order valence-electron chi connectivity index (χ3n) is 4.66. The van der Waals surface area contributed by atoms with Crippen molar-refractivity contribution >= 4 is 27.7 Å². The number of carbonyl (C=O) groups excluding carboxylic acids is 1. The summed E-state index contributed by atoms with van der Waals surface area (Å²) < 4.78 is 33.0. The molecular formula is C22H23N3O4S. The van der Waals surface area contributed by atoms with Gasteiger partial charge in [0.15, 0.2) is 0 Å².